The predicted octanol–water partition coefficient (Wildman–Crippen LogP) is 3.27. The Morgan fingerprint density at radius 1 is 0.846 bits per heavy atom. The van der Waals surface area contributed by atoms with Crippen molar-refractivity contribution >= 4 is 23.2 Å². The van der Waals surface area contributed by atoms with Gasteiger partial charge in [-0.05, 0) is 35.9 Å². The fourth-order valence-corrected chi connectivity index (χ4v) is 3.60. The molecule has 0 spiro atoms. The number of aliphatic imine (C=N–C) groups is 1. The first kappa shape index (κ1) is 14.8. The molecule has 0 N–H and O–H groups in total. The highest BCUT2D eigenvalue weighted by Crippen LogP contribution is 2.28. The molecule has 2 aliphatic heterocycles. The molecule has 126 valence electrons. The number of carbonyl (C=O) groups is 2. The summed E-state index contributed by atoms with van der Waals surface area (Å²) in [5, 5.41) is 0. The third-order valence-electron chi connectivity index (χ3n) is 4.90. The lowest BCUT2D eigenvalue weighted by Gasteiger charge is -2.16. The molecule has 0 atom stereocenters. The van der Waals surface area contributed by atoms with Crippen LogP contribution in [0, 0.1) is 0 Å². The molecule has 2 aliphatic rings. The van der Waals surface area contributed by atoms with E-state index in [1.807, 2.05) is 42.6 Å². The highest BCUT2D eigenvalue weighted by molar-refractivity contribution is 6.23. The van der Waals surface area contributed by atoms with Gasteiger partial charge in [0.1, 0.15) is 0 Å². The average Bonchev–Trinajstić information content (AvgIpc) is 3.17. The van der Waals surface area contributed by atoms with Crippen molar-refractivity contribution in [3.05, 3.63) is 89.2 Å². The van der Waals surface area contributed by atoms with Crippen LogP contribution in [0.25, 0.3) is 0 Å². The van der Waals surface area contributed by atoms with E-state index in [0.717, 1.165) is 22.7 Å². The third kappa shape index (κ3) is 2.14. The van der Waals surface area contributed by atoms with Crippen molar-refractivity contribution in [1.29, 1.82) is 0 Å². The summed E-state index contributed by atoms with van der Waals surface area (Å²) in [5.41, 5.74) is 4.56. The van der Waals surface area contributed by atoms with Crippen LogP contribution in [0.3, 0.4) is 0 Å². The summed E-state index contributed by atoms with van der Waals surface area (Å²) in [6.45, 7) is 0.873. The highest BCUT2D eigenvalue weighted by atomic mass is 16.2. The summed E-state index contributed by atoms with van der Waals surface area (Å²) in [7, 11) is 0. The molecule has 1 aromatic heterocycles. The van der Waals surface area contributed by atoms with E-state index in [4.69, 9.17) is 4.99 Å². The fourth-order valence-electron chi connectivity index (χ4n) is 3.60. The minimum Gasteiger partial charge on any atom is -0.342 e. The summed E-state index contributed by atoms with van der Waals surface area (Å²) in [5.74, 6) is -0.520. The smallest absolute Gasteiger partial charge is 0.261 e. The zero-order chi connectivity index (χ0) is 17.7. The molecule has 0 radical (unpaired) electrons. The number of benzene rings is 2. The van der Waals surface area contributed by atoms with E-state index >= 15 is 0 Å². The zero-order valence-electron chi connectivity index (χ0n) is 13.9. The maximum absolute atomic E-state index is 12.7. The van der Waals surface area contributed by atoms with Crippen molar-refractivity contribution in [2.75, 3.05) is 6.54 Å². The molecule has 2 aromatic carbocycles. The lowest BCUT2D eigenvalue weighted by molar-refractivity contribution is 0.0677. The fraction of sp³-hybridized carbons (Fsp3) is 0.0952. The Morgan fingerprint density at radius 2 is 1.54 bits per heavy atom. The third-order valence-corrected chi connectivity index (χ3v) is 4.90. The van der Waals surface area contributed by atoms with Crippen LogP contribution in [0.1, 0.15) is 32.0 Å². The van der Waals surface area contributed by atoms with Crippen LogP contribution in [0.5, 0.6) is 0 Å². The number of amides is 2. The van der Waals surface area contributed by atoms with Crippen molar-refractivity contribution in [3.63, 3.8) is 0 Å². The highest BCUT2D eigenvalue weighted by Gasteiger charge is 2.36. The van der Waals surface area contributed by atoms with E-state index in [9.17, 15) is 9.59 Å². The van der Waals surface area contributed by atoms with Gasteiger partial charge in [0.05, 0.1) is 34.8 Å². The number of hydrogen-bond donors (Lipinski definition) is 0. The maximum atomic E-state index is 12.7. The minimum absolute atomic E-state index is 0.157. The van der Waals surface area contributed by atoms with Gasteiger partial charge in [-0.3, -0.25) is 14.5 Å². The Kier molecular flexibility index (Phi) is 3.15. The largest absolute Gasteiger partial charge is 0.342 e. The number of nitrogens with zero attached hydrogens (tertiary/aromatic N) is 3. The predicted molar refractivity (Wildman–Crippen MR) is 98.0 cm³/mol. The molecule has 3 aromatic rings. The lowest BCUT2D eigenvalue weighted by Crippen LogP contribution is -2.35. The summed E-state index contributed by atoms with van der Waals surface area (Å²) in [6.07, 6.45) is 2.00. The Balaban J connectivity index is 1.58. The normalized spacial score (nSPS) is 15.2. The van der Waals surface area contributed by atoms with Gasteiger partial charge in [0.15, 0.2) is 0 Å². The van der Waals surface area contributed by atoms with Gasteiger partial charge < -0.3 is 4.57 Å². The summed E-state index contributed by atoms with van der Waals surface area (Å²) in [6, 6.07) is 18.8. The quantitative estimate of drug-likeness (QED) is 0.672. The average molecular weight is 341 g/mol. The SMILES string of the molecule is O=C1c2ccccc2C(=O)N1CC1=Nc2ccccc2Cn2cccc21. The molecule has 0 saturated carbocycles. The molecule has 5 nitrogen and oxygen atoms in total. The topological polar surface area (TPSA) is 54.7 Å². The van der Waals surface area contributed by atoms with Crippen LogP contribution in [0.2, 0.25) is 0 Å². The zero-order valence-corrected chi connectivity index (χ0v) is 13.9. The summed E-state index contributed by atoms with van der Waals surface area (Å²) < 4.78 is 2.10. The van der Waals surface area contributed by atoms with Crippen LogP contribution < -0.4 is 0 Å². The van der Waals surface area contributed by atoms with Gasteiger partial charge in [0, 0.05) is 12.7 Å². The molecule has 2 amide bonds. The number of carbonyl (C=O) groups excluding carboxylic acids is 2. The van der Waals surface area contributed by atoms with Crippen LogP contribution in [-0.4, -0.2) is 33.5 Å². The monoisotopic (exact) mass is 341 g/mol. The summed E-state index contributed by atoms with van der Waals surface area (Å²) in [4.78, 5) is 31.5. The van der Waals surface area contributed by atoms with Crippen molar-refractivity contribution in [2.24, 2.45) is 4.99 Å². The number of hydrogen-bond acceptors (Lipinski definition) is 3. The first-order valence-corrected chi connectivity index (χ1v) is 8.48. The molecule has 0 saturated heterocycles. The van der Waals surface area contributed by atoms with E-state index in [1.54, 1.807) is 24.3 Å². The molecular weight excluding hydrogens is 326 g/mol. The number of aromatic nitrogens is 1. The molecule has 26 heavy (non-hydrogen) atoms. The van der Waals surface area contributed by atoms with Gasteiger partial charge in [-0.2, -0.15) is 0 Å². The van der Waals surface area contributed by atoms with E-state index in [-0.39, 0.29) is 18.4 Å². The second-order valence-electron chi connectivity index (χ2n) is 6.45. The molecule has 5 heteroatoms. The van der Waals surface area contributed by atoms with Gasteiger partial charge in [-0.25, -0.2) is 4.99 Å². The maximum Gasteiger partial charge on any atom is 0.261 e. The van der Waals surface area contributed by atoms with Gasteiger partial charge >= 0.3 is 0 Å². The Hall–Kier alpha value is -3.47. The Morgan fingerprint density at radius 3 is 2.31 bits per heavy atom. The minimum atomic E-state index is -0.260. The van der Waals surface area contributed by atoms with Gasteiger partial charge in [-0.15, -0.1) is 0 Å². The number of fused-ring (bicyclic) bond motifs is 3. The Labute approximate surface area is 150 Å². The van der Waals surface area contributed by atoms with Crippen molar-refractivity contribution < 1.29 is 9.59 Å². The van der Waals surface area contributed by atoms with Gasteiger partial charge in [-0.1, -0.05) is 30.3 Å². The second kappa shape index (κ2) is 5.52. The van der Waals surface area contributed by atoms with Crippen LogP contribution in [0.4, 0.5) is 5.69 Å². The molecule has 3 heterocycles. The van der Waals surface area contributed by atoms with Crippen LogP contribution in [0.15, 0.2) is 71.9 Å². The van der Waals surface area contributed by atoms with Crippen LogP contribution >= 0.6 is 0 Å². The Bertz CT molecular complexity index is 1060. The standard InChI is InChI=1S/C21H15N3O2/c25-20-15-7-2-3-8-16(15)21(26)24(20)13-18-19-10-5-11-23(19)12-14-6-1-4-9-17(14)22-18/h1-11H,12-13H2. The second-order valence-corrected chi connectivity index (χ2v) is 6.45. The molecule has 5 rings (SSSR count). The van der Waals surface area contributed by atoms with Crippen molar-refractivity contribution in [2.45, 2.75) is 6.54 Å². The molecular formula is C21H15N3O2. The number of para-hydroxylation sites is 1. The van der Waals surface area contributed by atoms with Gasteiger partial charge in [0.25, 0.3) is 11.8 Å². The van der Waals surface area contributed by atoms with E-state index in [1.165, 1.54) is 4.90 Å². The molecule has 0 unspecified atom stereocenters. The molecule has 0 aliphatic carbocycles. The van der Waals surface area contributed by atoms with Crippen LogP contribution in [-0.2, 0) is 6.54 Å². The van der Waals surface area contributed by atoms with E-state index in [0.29, 0.717) is 17.7 Å². The van der Waals surface area contributed by atoms with Crippen molar-refractivity contribution in [3.8, 4) is 0 Å². The lowest BCUT2D eigenvalue weighted by atomic mass is 10.1. The molecule has 0 fully saturated rings. The number of imide groups is 1. The van der Waals surface area contributed by atoms with E-state index < -0.39 is 0 Å². The first-order chi connectivity index (χ1) is 12.7. The number of rotatable bonds is 2. The summed E-state index contributed by atoms with van der Waals surface area (Å²) >= 11 is 0. The first-order valence-electron chi connectivity index (χ1n) is 8.48. The van der Waals surface area contributed by atoms with Gasteiger partial charge in [0.2, 0.25) is 0 Å². The molecule has 0 bridgehead atoms. The van der Waals surface area contributed by atoms with E-state index in [2.05, 4.69) is 4.57 Å². The van der Waals surface area contributed by atoms with Crippen molar-refractivity contribution in [1.82, 2.24) is 9.47 Å².